The van der Waals surface area contributed by atoms with Gasteiger partial charge in [0.2, 0.25) is 0 Å². The van der Waals surface area contributed by atoms with Crippen molar-refractivity contribution in [2.24, 2.45) is 0 Å². The number of benzene rings is 2. The zero-order valence-electron chi connectivity index (χ0n) is 18.5. The van der Waals surface area contributed by atoms with Gasteiger partial charge in [0.15, 0.2) is 0 Å². The number of nitrogens with one attached hydrogen (secondary N) is 2. The second kappa shape index (κ2) is 10.1. The van der Waals surface area contributed by atoms with E-state index in [-0.39, 0.29) is 33.5 Å². The fourth-order valence-corrected chi connectivity index (χ4v) is 4.35. The van der Waals surface area contributed by atoms with Gasteiger partial charge in [0.05, 0.1) is 42.1 Å². The maximum absolute atomic E-state index is 13.0. The molecule has 0 radical (unpaired) electrons. The molecule has 0 bridgehead atoms. The minimum absolute atomic E-state index is 0.0925. The molecule has 0 saturated heterocycles. The van der Waals surface area contributed by atoms with Gasteiger partial charge in [0.25, 0.3) is 15.9 Å². The second-order valence-corrected chi connectivity index (χ2v) is 9.14. The molecule has 174 valence electrons. The molecule has 11 heteroatoms. The van der Waals surface area contributed by atoms with E-state index < -0.39 is 15.9 Å². The quantitative estimate of drug-likeness (QED) is 0.496. The number of aryl methyl sites for hydroxylation is 2. The summed E-state index contributed by atoms with van der Waals surface area (Å²) in [5.74, 6) is 0.728. The summed E-state index contributed by atoms with van der Waals surface area (Å²) in [4.78, 5) is 20.9. The number of methoxy groups -OCH3 is 2. The minimum Gasteiger partial charge on any atom is -0.495 e. The molecule has 0 aliphatic carbocycles. The van der Waals surface area contributed by atoms with Crippen LogP contribution in [-0.4, -0.2) is 38.5 Å². The molecule has 3 rings (SSSR count). The predicted octanol–water partition coefficient (Wildman–Crippen LogP) is 3.49. The number of hydrogen-bond acceptors (Lipinski definition) is 7. The van der Waals surface area contributed by atoms with E-state index in [1.165, 1.54) is 38.5 Å². The first kappa shape index (κ1) is 24.3. The fourth-order valence-electron chi connectivity index (χ4n) is 3.03. The summed E-state index contributed by atoms with van der Waals surface area (Å²) in [6, 6.07) is 8.86. The lowest BCUT2D eigenvalue weighted by atomic mass is 10.1. The SMILES string of the molecule is COc1cc(OC)c(NS(=O)(=O)c2ccc(C)c(C(=O)NCc3ccnc(C)n3)c2)cc1Cl. The van der Waals surface area contributed by atoms with Crippen molar-refractivity contribution in [1.29, 1.82) is 0 Å². The van der Waals surface area contributed by atoms with E-state index in [9.17, 15) is 13.2 Å². The molecule has 1 aromatic heterocycles. The van der Waals surface area contributed by atoms with Gasteiger partial charge in [-0.2, -0.15) is 0 Å². The van der Waals surface area contributed by atoms with Gasteiger partial charge in [-0.1, -0.05) is 17.7 Å². The molecule has 33 heavy (non-hydrogen) atoms. The van der Waals surface area contributed by atoms with Gasteiger partial charge in [0.1, 0.15) is 17.3 Å². The van der Waals surface area contributed by atoms with Crippen molar-refractivity contribution >= 4 is 33.2 Å². The number of aromatic nitrogens is 2. The third-order valence-corrected chi connectivity index (χ3v) is 6.40. The molecular weight excluding hydrogens is 468 g/mol. The molecule has 2 N–H and O–H groups in total. The lowest BCUT2D eigenvalue weighted by Crippen LogP contribution is -2.25. The lowest BCUT2D eigenvalue weighted by molar-refractivity contribution is 0.0949. The summed E-state index contributed by atoms with van der Waals surface area (Å²) in [5.41, 5.74) is 1.62. The van der Waals surface area contributed by atoms with Crippen LogP contribution in [0.1, 0.15) is 27.4 Å². The maximum atomic E-state index is 13.0. The minimum atomic E-state index is -4.06. The van der Waals surface area contributed by atoms with Gasteiger partial charge in [-0.05, 0) is 43.7 Å². The van der Waals surface area contributed by atoms with E-state index in [1.807, 2.05) is 0 Å². The van der Waals surface area contributed by atoms with Crippen molar-refractivity contribution in [3.05, 3.63) is 70.3 Å². The van der Waals surface area contributed by atoms with Crippen molar-refractivity contribution in [2.75, 3.05) is 18.9 Å². The van der Waals surface area contributed by atoms with Crippen molar-refractivity contribution in [3.63, 3.8) is 0 Å². The highest BCUT2D eigenvalue weighted by molar-refractivity contribution is 7.92. The number of amides is 1. The maximum Gasteiger partial charge on any atom is 0.262 e. The summed E-state index contributed by atoms with van der Waals surface area (Å²) < 4.78 is 38.9. The Morgan fingerprint density at radius 1 is 1.06 bits per heavy atom. The van der Waals surface area contributed by atoms with Crippen LogP contribution in [0.2, 0.25) is 5.02 Å². The topological polar surface area (TPSA) is 120 Å². The van der Waals surface area contributed by atoms with Crippen LogP contribution in [0.3, 0.4) is 0 Å². The second-order valence-electron chi connectivity index (χ2n) is 7.05. The zero-order valence-corrected chi connectivity index (χ0v) is 20.0. The normalized spacial score (nSPS) is 11.1. The van der Waals surface area contributed by atoms with Crippen molar-refractivity contribution < 1.29 is 22.7 Å². The van der Waals surface area contributed by atoms with Crippen molar-refractivity contribution in [2.45, 2.75) is 25.3 Å². The molecule has 1 heterocycles. The largest absolute Gasteiger partial charge is 0.495 e. The average molecular weight is 491 g/mol. The Morgan fingerprint density at radius 2 is 1.79 bits per heavy atom. The molecule has 0 unspecified atom stereocenters. The summed E-state index contributed by atoms with van der Waals surface area (Å²) in [6.45, 7) is 3.65. The highest BCUT2D eigenvalue weighted by Crippen LogP contribution is 2.37. The molecule has 3 aromatic rings. The standard InChI is InChI=1S/C22H23ClN4O5S/c1-13-5-6-16(9-17(13)22(28)25-12-15-7-8-24-14(2)26-15)33(29,30)27-19-10-18(23)20(31-3)11-21(19)32-4/h5-11,27H,12H2,1-4H3,(H,25,28). The third-order valence-electron chi connectivity index (χ3n) is 4.75. The zero-order chi connectivity index (χ0) is 24.2. The summed E-state index contributed by atoms with van der Waals surface area (Å²) in [6.07, 6.45) is 1.60. The lowest BCUT2D eigenvalue weighted by Gasteiger charge is -2.15. The Morgan fingerprint density at radius 3 is 2.45 bits per heavy atom. The number of sulfonamides is 1. The number of rotatable bonds is 8. The molecule has 0 fully saturated rings. The Labute approximate surface area is 197 Å². The molecule has 0 atom stereocenters. The molecule has 0 aliphatic heterocycles. The highest BCUT2D eigenvalue weighted by Gasteiger charge is 2.21. The van der Waals surface area contributed by atoms with Crippen LogP contribution in [0.4, 0.5) is 5.69 Å². The third kappa shape index (κ3) is 5.71. The number of carbonyl (C=O) groups is 1. The first-order valence-corrected chi connectivity index (χ1v) is 11.6. The van der Waals surface area contributed by atoms with Gasteiger partial charge in [-0.3, -0.25) is 9.52 Å². The van der Waals surface area contributed by atoms with Crippen LogP contribution in [0.15, 0.2) is 47.5 Å². The Balaban J connectivity index is 1.85. The highest BCUT2D eigenvalue weighted by atomic mass is 35.5. The van der Waals surface area contributed by atoms with Crippen LogP contribution >= 0.6 is 11.6 Å². The molecule has 1 amide bonds. The van der Waals surface area contributed by atoms with E-state index >= 15 is 0 Å². The van der Waals surface area contributed by atoms with E-state index in [0.717, 1.165) is 0 Å². The molecular formula is C22H23ClN4O5S. The molecule has 0 aliphatic rings. The average Bonchev–Trinajstić information content (AvgIpc) is 2.77. The van der Waals surface area contributed by atoms with E-state index in [2.05, 4.69) is 20.0 Å². The van der Waals surface area contributed by atoms with E-state index in [0.29, 0.717) is 22.8 Å². The van der Waals surface area contributed by atoms with E-state index in [1.54, 1.807) is 32.2 Å². The number of carbonyl (C=O) groups excluding carboxylic acids is 1. The Hall–Kier alpha value is -3.37. The number of ether oxygens (including phenoxy) is 2. The summed E-state index contributed by atoms with van der Waals surface area (Å²) in [7, 11) is -1.22. The summed E-state index contributed by atoms with van der Waals surface area (Å²) >= 11 is 6.14. The Bertz CT molecular complexity index is 1300. The van der Waals surface area contributed by atoms with Crippen LogP contribution < -0.4 is 19.5 Å². The van der Waals surface area contributed by atoms with Gasteiger partial charge >= 0.3 is 0 Å². The van der Waals surface area contributed by atoms with Gasteiger partial charge in [-0.25, -0.2) is 18.4 Å². The first-order valence-electron chi connectivity index (χ1n) is 9.76. The summed E-state index contributed by atoms with van der Waals surface area (Å²) in [5, 5.41) is 2.96. The molecule has 0 saturated carbocycles. The van der Waals surface area contributed by atoms with E-state index in [4.69, 9.17) is 21.1 Å². The smallest absolute Gasteiger partial charge is 0.262 e. The van der Waals surface area contributed by atoms with Crippen LogP contribution in [0.25, 0.3) is 0 Å². The number of anilines is 1. The monoisotopic (exact) mass is 490 g/mol. The van der Waals surface area contributed by atoms with Crippen LogP contribution in [-0.2, 0) is 16.6 Å². The molecule has 9 nitrogen and oxygen atoms in total. The van der Waals surface area contributed by atoms with Crippen molar-refractivity contribution in [1.82, 2.24) is 15.3 Å². The van der Waals surface area contributed by atoms with Gasteiger partial charge < -0.3 is 14.8 Å². The fraction of sp³-hybridized carbons (Fsp3) is 0.227. The van der Waals surface area contributed by atoms with Gasteiger partial charge in [0, 0.05) is 17.8 Å². The van der Waals surface area contributed by atoms with Crippen molar-refractivity contribution in [3.8, 4) is 11.5 Å². The number of halogens is 1. The van der Waals surface area contributed by atoms with Crippen LogP contribution in [0, 0.1) is 13.8 Å². The number of hydrogen-bond donors (Lipinski definition) is 2. The van der Waals surface area contributed by atoms with Crippen LogP contribution in [0.5, 0.6) is 11.5 Å². The molecule has 0 spiro atoms. The molecule has 2 aromatic carbocycles. The number of nitrogens with zero attached hydrogens (tertiary/aromatic N) is 2. The predicted molar refractivity (Wildman–Crippen MR) is 124 cm³/mol. The Kier molecular flexibility index (Phi) is 7.39. The first-order chi connectivity index (χ1) is 15.6. The van der Waals surface area contributed by atoms with Gasteiger partial charge in [-0.15, -0.1) is 0 Å².